The van der Waals surface area contributed by atoms with E-state index in [9.17, 15) is 8.68 Å². The first-order valence-corrected chi connectivity index (χ1v) is 5.20. The average Bonchev–Trinajstić information content (AvgIpc) is 2.28. The molecule has 16 heavy (non-hydrogen) atoms. The van der Waals surface area contributed by atoms with E-state index in [1.807, 2.05) is 0 Å². The minimum Gasteiger partial charge on any atom is -0.293 e. The Balaban J connectivity index is 2.87. The van der Waals surface area contributed by atoms with Gasteiger partial charge in [-0.15, -0.1) is 3.89 Å². The highest BCUT2D eigenvalue weighted by Crippen LogP contribution is 2.19. The molecule has 0 aliphatic heterocycles. The lowest BCUT2D eigenvalue weighted by atomic mass is 10.2. The van der Waals surface area contributed by atoms with Crippen LogP contribution in [0.15, 0.2) is 23.0 Å². The molecule has 1 heterocycles. The fourth-order valence-electron chi connectivity index (χ4n) is 1.30. The van der Waals surface area contributed by atoms with Gasteiger partial charge in [0.1, 0.15) is 0 Å². The molecule has 5 nitrogen and oxygen atoms in total. The second-order valence-electron chi connectivity index (χ2n) is 2.91. The molecule has 0 amide bonds. The number of nitrogens with zero attached hydrogens (tertiary/aromatic N) is 2. The Hall–Kier alpha value is -1.31. The second kappa shape index (κ2) is 4.28. The average molecular weight is 261 g/mol. The SMILES string of the molecule is NNc1nc2cc(Cl)ccc2c(=O)n1SF. The summed E-state index contributed by atoms with van der Waals surface area (Å²) in [5.74, 6) is 5.06. The molecule has 0 atom stereocenters. The van der Waals surface area contributed by atoms with Gasteiger partial charge in [0.25, 0.3) is 5.56 Å². The Bertz CT molecular complexity index is 602. The summed E-state index contributed by atoms with van der Waals surface area (Å²) in [5.41, 5.74) is 1.96. The van der Waals surface area contributed by atoms with Gasteiger partial charge < -0.3 is 0 Å². The molecule has 0 bridgehead atoms. The van der Waals surface area contributed by atoms with Crippen LogP contribution in [0.25, 0.3) is 10.9 Å². The van der Waals surface area contributed by atoms with Gasteiger partial charge >= 0.3 is 0 Å². The maximum atomic E-state index is 12.6. The first-order valence-electron chi connectivity index (χ1n) is 4.15. The number of fused-ring (bicyclic) bond motifs is 1. The number of anilines is 1. The van der Waals surface area contributed by atoms with Crippen molar-refractivity contribution in [3.8, 4) is 0 Å². The van der Waals surface area contributed by atoms with E-state index in [2.05, 4.69) is 10.4 Å². The predicted octanol–water partition coefficient (Wildman–Crippen LogP) is 1.72. The normalized spacial score (nSPS) is 10.7. The topological polar surface area (TPSA) is 72.9 Å². The third-order valence-corrected chi connectivity index (χ3v) is 2.70. The standard InChI is InChI=1S/C8H6ClFN4OS/c9-4-1-2-5-6(3-4)12-8(13-11)14(16-10)7(5)15/h1-3H,11H2,(H,12,13). The number of aromatic nitrogens is 2. The fraction of sp³-hybridized carbons (Fsp3) is 0. The Morgan fingerprint density at radius 3 is 2.94 bits per heavy atom. The minimum absolute atomic E-state index is 0.0766. The number of nitrogens with one attached hydrogen (secondary N) is 1. The number of hydrogen-bond donors (Lipinski definition) is 2. The molecule has 1 aromatic carbocycles. The van der Waals surface area contributed by atoms with E-state index in [4.69, 9.17) is 17.4 Å². The van der Waals surface area contributed by atoms with Crippen LogP contribution in [0.3, 0.4) is 0 Å². The quantitative estimate of drug-likeness (QED) is 0.635. The molecule has 84 valence electrons. The van der Waals surface area contributed by atoms with Crippen LogP contribution in [0.4, 0.5) is 9.83 Å². The smallest absolute Gasteiger partial charge is 0.274 e. The summed E-state index contributed by atoms with van der Waals surface area (Å²) in [6.07, 6.45) is 0. The van der Waals surface area contributed by atoms with Gasteiger partial charge in [0.15, 0.2) is 12.3 Å². The Morgan fingerprint density at radius 2 is 2.31 bits per heavy atom. The number of benzene rings is 1. The Labute approximate surface area is 98.8 Å². The highest BCUT2D eigenvalue weighted by atomic mass is 35.5. The van der Waals surface area contributed by atoms with E-state index >= 15 is 0 Å². The van der Waals surface area contributed by atoms with Gasteiger partial charge in [-0.3, -0.25) is 10.2 Å². The van der Waals surface area contributed by atoms with Gasteiger partial charge in [0, 0.05) is 5.02 Å². The summed E-state index contributed by atoms with van der Waals surface area (Å²) < 4.78 is 13.3. The van der Waals surface area contributed by atoms with Crippen molar-refractivity contribution in [2.24, 2.45) is 5.84 Å². The maximum Gasteiger partial charge on any atom is 0.274 e. The summed E-state index contributed by atoms with van der Waals surface area (Å²) in [7, 11) is 0. The number of halogens is 2. The first kappa shape index (κ1) is 11.2. The lowest BCUT2D eigenvalue weighted by Gasteiger charge is -2.07. The number of hydrogen-bond acceptors (Lipinski definition) is 5. The van der Waals surface area contributed by atoms with Crippen LogP contribution in [-0.2, 0) is 0 Å². The van der Waals surface area contributed by atoms with Crippen molar-refractivity contribution in [3.63, 3.8) is 0 Å². The lowest BCUT2D eigenvalue weighted by Crippen LogP contribution is -2.23. The summed E-state index contributed by atoms with van der Waals surface area (Å²) in [4.78, 5) is 15.7. The van der Waals surface area contributed by atoms with Crippen molar-refractivity contribution in [2.75, 3.05) is 5.43 Å². The lowest BCUT2D eigenvalue weighted by molar-refractivity contribution is 0.902. The van der Waals surface area contributed by atoms with Gasteiger partial charge in [-0.1, -0.05) is 11.6 Å². The first-order chi connectivity index (χ1) is 7.67. The van der Waals surface area contributed by atoms with Crippen LogP contribution in [-0.4, -0.2) is 8.96 Å². The molecule has 2 rings (SSSR count). The monoisotopic (exact) mass is 260 g/mol. The Morgan fingerprint density at radius 1 is 1.56 bits per heavy atom. The molecular weight excluding hydrogens is 255 g/mol. The largest absolute Gasteiger partial charge is 0.293 e. The van der Waals surface area contributed by atoms with Crippen molar-refractivity contribution in [2.45, 2.75) is 0 Å². The highest BCUT2D eigenvalue weighted by Gasteiger charge is 2.11. The van der Waals surface area contributed by atoms with E-state index < -0.39 is 5.56 Å². The summed E-state index contributed by atoms with van der Waals surface area (Å²) >= 11 is 5.49. The van der Waals surface area contributed by atoms with Gasteiger partial charge in [0.2, 0.25) is 5.95 Å². The second-order valence-corrected chi connectivity index (χ2v) is 3.85. The van der Waals surface area contributed by atoms with Crippen LogP contribution in [0.1, 0.15) is 0 Å². The van der Waals surface area contributed by atoms with Crippen molar-refractivity contribution in [3.05, 3.63) is 33.6 Å². The van der Waals surface area contributed by atoms with Crippen molar-refractivity contribution < 1.29 is 3.89 Å². The van der Waals surface area contributed by atoms with Crippen molar-refractivity contribution in [1.82, 2.24) is 8.96 Å². The van der Waals surface area contributed by atoms with Gasteiger partial charge in [0.05, 0.1) is 10.9 Å². The number of nitrogens with two attached hydrogens (primary N) is 1. The zero-order valence-corrected chi connectivity index (χ0v) is 9.35. The molecule has 0 radical (unpaired) electrons. The van der Waals surface area contributed by atoms with E-state index in [1.165, 1.54) is 18.2 Å². The van der Waals surface area contributed by atoms with Gasteiger partial charge in [-0.05, 0) is 18.2 Å². The summed E-state index contributed by atoms with van der Waals surface area (Å²) in [6.45, 7) is 0. The number of hydrazine groups is 1. The van der Waals surface area contributed by atoms with Gasteiger partial charge in [-0.2, -0.15) is 3.97 Å². The zero-order chi connectivity index (χ0) is 11.7. The molecule has 0 aliphatic rings. The molecule has 0 aliphatic carbocycles. The molecule has 3 N–H and O–H groups in total. The number of nitrogen functional groups attached to an aromatic ring is 1. The molecule has 2 aromatic rings. The molecule has 0 saturated heterocycles. The maximum absolute atomic E-state index is 12.6. The number of rotatable bonds is 2. The van der Waals surface area contributed by atoms with E-state index in [1.54, 1.807) is 0 Å². The molecule has 0 fully saturated rings. The summed E-state index contributed by atoms with van der Waals surface area (Å²) in [5, 5.41) is 0.710. The van der Waals surface area contributed by atoms with Crippen molar-refractivity contribution in [1.29, 1.82) is 0 Å². The van der Waals surface area contributed by atoms with E-state index in [0.29, 0.717) is 10.5 Å². The van der Waals surface area contributed by atoms with Crippen LogP contribution in [0.2, 0.25) is 5.02 Å². The molecule has 0 unspecified atom stereocenters. The third kappa shape index (κ3) is 1.73. The van der Waals surface area contributed by atoms with Crippen LogP contribution < -0.4 is 16.8 Å². The van der Waals surface area contributed by atoms with Crippen LogP contribution in [0, 0.1) is 0 Å². The molecule has 1 aromatic heterocycles. The summed E-state index contributed by atoms with van der Waals surface area (Å²) in [6, 6.07) is 4.53. The Kier molecular flexibility index (Phi) is 2.99. The molecule has 0 saturated carbocycles. The van der Waals surface area contributed by atoms with E-state index in [-0.39, 0.29) is 23.7 Å². The molecule has 8 heteroatoms. The van der Waals surface area contributed by atoms with Crippen LogP contribution >= 0.6 is 23.9 Å². The molecule has 0 spiro atoms. The molecular formula is C8H6ClFN4OS. The minimum atomic E-state index is -0.540. The van der Waals surface area contributed by atoms with Crippen molar-refractivity contribution >= 4 is 40.8 Å². The predicted molar refractivity (Wildman–Crippen MR) is 62.9 cm³/mol. The van der Waals surface area contributed by atoms with Gasteiger partial charge in [-0.25, -0.2) is 10.8 Å². The zero-order valence-electron chi connectivity index (χ0n) is 7.78. The third-order valence-electron chi connectivity index (χ3n) is 1.99. The van der Waals surface area contributed by atoms with Crippen LogP contribution in [0.5, 0.6) is 0 Å². The van der Waals surface area contributed by atoms with E-state index in [0.717, 1.165) is 3.97 Å². The highest BCUT2D eigenvalue weighted by molar-refractivity contribution is 7.92. The fourth-order valence-corrected chi connectivity index (χ4v) is 1.78.